The lowest BCUT2D eigenvalue weighted by molar-refractivity contribution is -0.136. The number of amides is 1. The van der Waals surface area contributed by atoms with E-state index in [2.05, 4.69) is 12.2 Å². The minimum atomic E-state index is -0.826. The van der Waals surface area contributed by atoms with Crippen molar-refractivity contribution in [2.24, 2.45) is 0 Å². The standard InChI is InChI=1S/C17H25NO3S/c1-3-5-6-7-12-16(19)18-13-10-8-9-11-15(13)22-14(4-2)17(20)21/h8-11,14H,3-7,12H2,1-2H3,(H,18,19)(H,20,21)/t14-/m1/s1. The molecule has 0 aromatic heterocycles. The lowest BCUT2D eigenvalue weighted by Gasteiger charge is -2.14. The molecule has 0 saturated heterocycles. The molecular formula is C17H25NO3S. The van der Waals surface area contributed by atoms with Crippen LogP contribution < -0.4 is 5.32 Å². The number of hydrogen-bond donors (Lipinski definition) is 2. The third kappa shape index (κ3) is 6.52. The van der Waals surface area contributed by atoms with Crippen molar-refractivity contribution in [2.45, 2.75) is 62.5 Å². The van der Waals surface area contributed by atoms with Crippen LogP contribution in [0.2, 0.25) is 0 Å². The second kappa shape index (κ2) is 10.3. The SMILES string of the molecule is CCCCCCC(=O)Nc1ccccc1S[C@H](CC)C(=O)O. The smallest absolute Gasteiger partial charge is 0.316 e. The number of para-hydroxylation sites is 1. The van der Waals surface area contributed by atoms with Crippen LogP contribution >= 0.6 is 11.8 Å². The fourth-order valence-electron chi connectivity index (χ4n) is 2.06. The first kappa shape index (κ1) is 18.6. The van der Waals surface area contributed by atoms with Gasteiger partial charge in [-0.3, -0.25) is 9.59 Å². The molecule has 2 N–H and O–H groups in total. The Bertz CT molecular complexity index is 491. The maximum atomic E-state index is 12.0. The summed E-state index contributed by atoms with van der Waals surface area (Å²) in [5.41, 5.74) is 0.702. The quantitative estimate of drug-likeness (QED) is 0.489. The predicted molar refractivity (Wildman–Crippen MR) is 91.4 cm³/mol. The van der Waals surface area contributed by atoms with Gasteiger partial charge in [-0.25, -0.2) is 0 Å². The summed E-state index contributed by atoms with van der Waals surface area (Å²) in [4.78, 5) is 23.9. The largest absolute Gasteiger partial charge is 0.480 e. The molecule has 0 aliphatic rings. The van der Waals surface area contributed by atoms with Gasteiger partial charge < -0.3 is 10.4 Å². The lowest BCUT2D eigenvalue weighted by atomic mass is 10.1. The van der Waals surface area contributed by atoms with Crippen LogP contribution in [-0.2, 0) is 9.59 Å². The molecule has 0 fully saturated rings. The summed E-state index contributed by atoms with van der Waals surface area (Å²) in [5.74, 6) is -0.833. The van der Waals surface area contributed by atoms with Gasteiger partial charge in [0.25, 0.3) is 0 Å². The minimum Gasteiger partial charge on any atom is -0.480 e. The maximum Gasteiger partial charge on any atom is 0.316 e. The van der Waals surface area contributed by atoms with E-state index in [1.54, 1.807) is 0 Å². The number of benzene rings is 1. The van der Waals surface area contributed by atoms with E-state index >= 15 is 0 Å². The van der Waals surface area contributed by atoms with E-state index in [0.717, 1.165) is 30.6 Å². The van der Waals surface area contributed by atoms with E-state index < -0.39 is 11.2 Å². The van der Waals surface area contributed by atoms with Crippen LogP contribution in [0.5, 0.6) is 0 Å². The van der Waals surface area contributed by atoms with E-state index in [1.165, 1.54) is 11.8 Å². The molecule has 1 amide bonds. The Labute approximate surface area is 136 Å². The van der Waals surface area contributed by atoms with Crippen LogP contribution in [0, 0.1) is 0 Å². The second-order valence-electron chi connectivity index (χ2n) is 5.21. The number of carbonyl (C=O) groups excluding carboxylic acids is 1. The summed E-state index contributed by atoms with van der Waals surface area (Å²) in [6, 6.07) is 7.37. The monoisotopic (exact) mass is 323 g/mol. The number of carbonyl (C=O) groups is 2. The summed E-state index contributed by atoms with van der Waals surface area (Å²) in [6.45, 7) is 3.99. The molecule has 0 aliphatic carbocycles. The highest BCUT2D eigenvalue weighted by molar-refractivity contribution is 8.00. The summed E-state index contributed by atoms with van der Waals surface area (Å²) in [7, 11) is 0. The van der Waals surface area contributed by atoms with Crippen LogP contribution in [0.15, 0.2) is 29.2 Å². The first-order valence-corrected chi connectivity index (χ1v) is 8.74. The van der Waals surface area contributed by atoms with Gasteiger partial charge in [-0.15, -0.1) is 11.8 Å². The highest BCUT2D eigenvalue weighted by atomic mass is 32.2. The zero-order chi connectivity index (χ0) is 16.4. The Morgan fingerprint density at radius 3 is 2.55 bits per heavy atom. The highest BCUT2D eigenvalue weighted by Crippen LogP contribution is 2.32. The molecule has 0 aliphatic heterocycles. The molecule has 122 valence electrons. The Morgan fingerprint density at radius 1 is 1.18 bits per heavy atom. The lowest BCUT2D eigenvalue weighted by Crippen LogP contribution is -2.16. The normalized spacial score (nSPS) is 11.9. The number of aliphatic carboxylic acids is 1. The number of anilines is 1. The number of rotatable bonds is 10. The van der Waals surface area contributed by atoms with Crippen LogP contribution in [-0.4, -0.2) is 22.2 Å². The summed E-state index contributed by atoms with van der Waals surface area (Å²) < 4.78 is 0. The van der Waals surface area contributed by atoms with Gasteiger partial charge in [0.15, 0.2) is 0 Å². The van der Waals surface area contributed by atoms with Crippen molar-refractivity contribution in [3.8, 4) is 0 Å². The van der Waals surface area contributed by atoms with Gasteiger partial charge in [0, 0.05) is 11.3 Å². The molecule has 0 spiro atoms. The molecule has 1 rings (SSSR count). The molecule has 5 heteroatoms. The molecule has 1 aromatic rings. The molecular weight excluding hydrogens is 298 g/mol. The molecule has 0 unspecified atom stereocenters. The number of carboxylic acids is 1. The van der Waals surface area contributed by atoms with Crippen LogP contribution in [0.25, 0.3) is 0 Å². The molecule has 4 nitrogen and oxygen atoms in total. The van der Waals surface area contributed by atoms with Crippen molar-refractivity contribution in [1.82, 2.24) is 0 Å². The van der Waals surface area contributed by atoms with Crippen molar-refractivity contribution in [2.75, 3.05) is 5.32 Å². The minimum absolute atomic E-state index is 0.00692. The fourth-order valence-corrected chi connectivity index (χ4v) is 3.04. The van der Waals surface area contributed by atoms with Gasteiger partial charge >= 0.3 is 5.97 Å². The predicted octanol–water partition coefficient (Wildman–Crippen LogP) is 4.55. The molecule has 0 saturated carbocycles. The number of thioether (sulfide) groups is 1. The first-order chi connectivity index (χ1) is 10.6. The van der Waals surface area contributed by atoms with Gasteiger partial charge in [0.2, 0.25) is 5.91 Å². The van der Waals surface area contributed by atoms with Crippen molar-refractivity contribution in [3.63, 3.8) is 0 Å². The van der Waals surface area contributed by atoms with Crippen molar-refractivity contribution >= 4 is 29.3 Å². The van der Waals surface area contributed by atoms with E-state index in [9.17, 15) is 9.59 Å². The molecule has 0 radical (unpaired) electrons. The van der Waals surface area contributed by atoms with Gasteiger partial charge in [0.05, 0.1) is 5.69 Å². The Balaban J connectivity index is 2.63. The summed E-state index contributed by atoms with van der Waals surface area (Å²) in [6.07, 6.45) is 5.30. The van der Waals surface area contributed by atoms with E-state index in [1.807, 2.05) is 31.2 Å². The zero-order valence-corrected chi connectivity index (χ0v) is 14.1. The Hall–Kier alpha value is -1.49. The van der Waals surface area contributed by atoms with Crippen molar-refractivity contribution in [1.29, 1.82) is 0 Å². The average molecular weight is 323 g/mol. The van der Waals surface area contributed by atoms with Gasteiger partial charge in [-0.1, -0.05) is 45.2 Å². The molecule has 22 heavy (non-hydrogen) atoms. The second-order valence-corrected chi connectivity index (χ2v) is 6.45. The van der Waals surface area contributed by atoms with Crippen LogP contribution in [0.3, 0.4) is 0 Å². The van der Waals surface area contributed by atoms with Crippen molar-refractivity contribution < 1.29 is 14.7 Å². The van der Waals surface area contributed by atoms with Gasteiger partial charge in [-0.2, -0.15) is 0 Å². The Kier molecular flexibility index (Phi) is 8.67. The van der Waals surface area contributed by atoms with Gasteiger partial charge in [0.1, 0.15) is 5.25 Å². The summed E-state index contributed by atoms with van der Waals surface area (Å²) in [5, 5.41) is 11.6. The number of nitrogens with one attached hydrogen (secondary N) is 1. The molecule has 1 aromatic carbocycles. The number of unbranched alkanes of at least 4 members (excludes halogenated alkanes) is 3. The number of hydrogen-bond acceptors (Lipinski definition) is 3. The molecule has 0 heterocycles. The van der Waals surface area contributed by atoms with E-state index in [4.69, 9.17) is 5.11 Å². The maximum absolute atomic E-state index is 12.0. The fraction of sp³-hybridized carbons (Fsp3) is 0.529. The summed E-state index contributed by atoms with van der Waals surface area (Å²) >= 11 is 1.28. The Morgan fingerprint density at radius 2 is 1.91 bits per heavy atom. The topological polar surface area (TPSA) is 66.4 Å². The molecule has 1 atom stereocenters. The van der Waals surface area contributed by atoms with Crippen molar-refractivity contribution in [3.05, 3.63) is 24.3 Å². The molecule has 0 bridgehead atoms. The van der Waals surface area contributed by atoms with Crippen LogP contribution in [0.4, 0.5) is 5.69 Å². The van der Waals surface area contributed by atoms with Crippen LogP contribution in [0.1, 0.15) is 52.4 Å². The number of carboxylic acid groups (broad SMARTS) is 1. The first-order valence-electron chi connectivity index (χ1n) is 7.86. The third-order valence-electron chi connectivity index (χ3n) is 3.33. The van der Waals surface area contributed by atoms with E-state index in [0.29, 0.717) is 18.5 Å². The van der Waals surface area contributed by atoms with E-state index in [-0.39, 0.29) is 5.91 Å². The third-order valence-corrected chi connectivity index (χ3v) is 4.76. The van der Waals surface area contributed by atoms with Gasteiger partial charge in [-0.05, 0) is 25.0 Å². The zero-order valence-electron chi connectivity index (χ0n) is 13.3. The average Bonchev–Trinajstić information content (AvgIpc) is 2.50. The highest BCUT2D eigenvalue weighted by Gasteiger charge is 2.18.